The molecule has 0 fully saturated rings. The van der Waals surface area contributed by atoms with Crippen molar-refractivity contribution in [3.8, 4) is 0 Å². The summed E-state index contributed by atoms with van der Waals surface area (Å²) in [6.07, 6.45) is 0. The Morgan fingerprint density at radius 2 is 1.00 bits per heavy atom. The molecule has 0 aliphatic rings. The summed E-state index contributed by atoms with van der Waals surface area (Å²) in [7, 11) is 0. The van der Waals surface area contributed by atoms with Gasteiger partial charge in [-0.3, -0.25) is 0 Å². The van der Waals surface area contributed by atoms with E-state index in [1.165, 1.54) is 0 Å². The molecule has 0 heterocycles. The van der Waals surface area contributed by atoms with Gasteiger partial charge in [0, 0.05) is 26.2 Å². The van der Waals surface area contributed by atoms with Gasteiger partial charge in [-0.2, -0.15) is 0 Å². The zero-order chi connectivity index (χ0) is 0. The Labute approximate surface area is 49.0 Å². The molecular weight excluding hydrogens is 149 g/mol. The first-order chi connectivity index (χ1) is 0. The van der Waals surface area contributed by atoms with Crippen LogP contribution in [0.1, 0.15) is 0 Å². The average molecular weight is 158 g/mol. The van der Waals surface area contributed by atoms with Gasteiger partial charge in [0.2, 0.25) is 0 Å². The molecule has 0 saturated heterocycles. The average Bonchev–Trinajstić information content (AvgIpc) is 0. The largest absolute Gasteiger partial charge is 0.412 e. The zero-order valence-corrected chi connectivity index (χ0v) is 4.17. The van der Waals surface area contributed by atoms with Crippen LogP contribution in [-0.2, 0) is 26.2 Å². The Balaban J connectivity index is 0. The second kappa shape index (κ2) is 35.2. The van der Waals surface area contributed by atoms with Crippen molar-refractivity contribution in [3.05, 3.63) is 0 Å². The third-order valence-corrected chi connectivity index (χ3v) is 0. The summed E-state index contributed by atoms with van der Waals surface area (Å²) in [5.74, 6) is 0. The van der Waals surface area contributed by atoms with E-state index in [2.05, 4.69) is 0 Å². The molecule has 0 radical (unpaired) electrons. The topological polar surface area (TPSA) is 66.5 Å². The Bertz CT molecular complexity index is 8.00. The summed E-state index contributed by atoms with van der Waals surface area (Å²) < 4.78 is 0. The standard InChI is InChI=1S/H3N.H2O.H4Si.Zr/h1H3;1H2;1H4;. The van der Waals surface area contributed by atoms with Gasteiger partial charge in [0.1, 0.15) is 0 Å². The molecule has 0 amide bonds. The summed E-state index contributed by atoms with van der Waals surface area (Å²) in [5.41, 5.74) is 0. The molecule has 0 aromatic heterocycles. The molecule has 4 heteroatoms. The molecule has 28 valence electrons. The van der Waals surface area contributed by atoms with Gasteiger partial charge in [-0.25, -0.2) is 0 Å². The van der Waals surface area contributed by atoms with Crippen LogP contribution in [0.4, 0.5) is 0 Å². The van der Waals surface area contributed by atoms with Crippen molar-refractivity contribution in [3.63, 3.8) is 0 Å². The fourth-order valence-corrected chi connectivity index (χ4v) is 0. The van der Waals surface area contributed by atoms with Gasteiger partial charge in [-0.1, -0.05) is 0 Å². The Hall–Kier alpha value is 1.02. The van der Waals surface area contributed by atoms with Crippen molar-refractivity contribution >= 4 is 11.0 Å². The predicted octanol–water partition coefficient (Wildman–Crippen LogP) is -2.12. The van der Waals surface area contributed by atoms with Crippen molar-refractivity contribution in [1.82, 2.24) is 6.15 Å². The molecule has 0 aromatic carbocycles. The van der Waals surface area contributed by atoms with Crippen LogP contribution >= 0.6 is 0 Å². The second-order valence-electron chi connectivity index (χ2n) is 0. The van der Waals surface area contributed by atoms with Crippen LogP contribution in [0.25, 0.3) is 0 Å². The molecular formula is H9NOSiZr. The summed E-state index contributed by atoms with van der Waals surface area (Å²) >= 11 is 0. The molecule has 2 nitrogen and oxygen atoms in total. The quantitative estimate of drug-likeness (QED) is 0.403. The molecule has 4 heavy (non-hydrogen) atoms. The van der Waals surface area contributed by atoms with Gasteiger partial charge in [0.05, 0.1) is 0 Å². The van der Waals surface area contributed by atoms with E-state index < -0.39 is 0 Å². The first-order valence-corrected chi connectivity index (χ1v) is 0. The molecule has 0 unspecified atom stereocenters. The van der Waals surface area contributed by atoms with E-state index in [1.54, 1.807) is 0 Å². The Morgan fingerprint density at radius 3 is 1.00 bits per heavy atom. The molecule has 0 aliphatic carbocycles. The van der Waals surface area contributed by atoms with E-state index in [-0.39, 0.29) is 48.8 Å². The smallest absolute Gasteiger partial charge is 0 e. The second-order valence-corrected chi connectivity index (χ2v) is 0. The zero-order valence-electron chi connectivity index (χ0n) is 1.71. The van der Waals surface area contributed by atoms with Crippen molar-refractivity contribution in [2.75, 3.05) is 0 Å². The molecule has 0 saturated carbocycles. The van der Waals surface area contributed by atoms with E-state index >= 15 is 0 Å². The van der Waals surface area contributed by atoms with E-state index in [4.69, 9.17) is 0 Å². The molecule has 0 atom stereocenters. The molecule has 0 aromatic rings. The Morgan fingerprint density at radius 1 is 1.00 bits per heavy atom. The van der Waals surface area contributed by atoms with E-state index in [0.717, 1.165) is 0 Å². The Kier molecular flexibility index (Phi) is 687. The van der Waals surface area contributed by atoms with Crippen LogP contribution in [0.15, 0.2) is 0 Å². The van der Waals surface area contributed by atoms with Gasteiger partial charge in [0.25, 0.3) is 0 Å². The van der Waals surface area contributed by atoms with Crippen LogP contribution in [0.5, 0.6) is 0 Å². The minimum absolute atomic E-state index is 0. The van der Waals surface area contributed by atoms with Crippen molar-refractivity contribution in [1.29, 1.82) is 0 Å². The van der Waals surface area contributed by atoms with Crippen molar-refractivity contribution in [2.45, 2.75) is 0 Å². The maximum Gasteiger partial charge on any atom is 0 e. The minimum atomic E-state index is 0. The molecule has 0 bridgehead atoms. The normalized spacial score (nSPS) is 0. The van der Waals surface area contributed by atoms with Crippen molar-refractivity contribution < 1.29 is 31.7 Å². The monoisotopic (exact) mass is 157 g/mol. The molecule has 0 aliphatic heterocycles. The summed E-state index contributed by atoms with van der Waals surface area (Å²) in [6.45, 7) is 0. The first kappa shape index (κ1) is 78.0. The maximum absolute atomic E-state index is 0. The molecule has 0 rings (SSSR count). The maximum atomic E-state index is 0. The summed E-state index contributed by atoms with van der Waals surface area (Å²) in [5, 5.41) is 0. The van der Waals surface area contributed by atoms with Crippen LogP contribution in [0, 0.1) is 0 Å². The van der Waals surface area contributed by atoms with E-state index in [9.17, 15) is 0 Å². The van der Waals surface area contributed by atoms with Gasteiger partial charge >= 0.3 is 0 Å². The van der Waals surface area contributed by atoms with Crippen LogP contribution in [-0.4, -0.2) is 16.4 Å². The molecule has 5 N–H and O–H groups in total. The number of hydrogen-bond acceptors (Lipinski definition) is 1. The van der Waals surface area contributed by atoms with Gasteiger partial charge in [0.15, 0.2) is 0 Å². The third kappa shape index (κ3) is 11.8. The fraction of sp³-hybridized carbons (Fsp3) is 0. The number of rotatable bonds is 0. The SMILES string of the molecule is N.O.[SiH4].[Zr]. The van der Waals surface area contributed by atoms with Crippen LogP contribution in [0.2, 0.25) is 0 Å². The third-order valence-electron chi connectivity index (χ3n) is 0. The van der Waals surface area contributed by atoms with Crippen LogP contribution < -0.4 is 6.15 Å². The van der Waals surface area contributed by atoms with Gasteiger partial charge in [-0.15, -0.1) is 0 Å². The van der Waals surface area contributed by atoms with Gasteiger partial charge in [-0.05, 0) is 11.0 Å². The van der Waals surface area contributed by atoms with Crippen LogP contribution in [0.3, 0.4) is 0 Å². The van der Waals surface area contributed by atoms with Gasteiger partial charge < -0.3 is 11.6 Å². The fourth-order valence-electron chi connectivity index (χ4n) is 0. The first-order valence-electron chi connectivity index (χ1n) is 0. The van der Waals surface area contributed by atoms with Crippen molar-refractivity contribution in [2.24, 2.45) is 0 Å². The van der Waals surface area contributed by atoms with E-state index in [0.29, 0.717) is 0 Å². The van der Waals surface area contributed by atoms with E-state index in [1.807, 2.05) is 0 Å². The number of hydrogen-bond donors (Lipinski definition) is 1. The summed E-state index contributed by atoms with van der Waals surface area (Å²) in [6, 6.07) is 0. The predicted molar refractivity (Wildman–Crippen MR) is 20.0 cm³/mol. The molecule has 0 spiro atoms. The summed E-state index contributed by atoms with van der Waals surface area (Å²) in [4.78, 5) is 0. The minimum Gasteiger partial charge on any atom is -0.412 e.